The van der Waals surface area contributed by atoms with Crippen LogP contribution in [0.5, 0.6) is 0 Å². The van der Waals surface area contributed by atoms with Crippen LogP contribution in [0.25, 0.3) is 0 Å². The number of amides is 2. The number of pyridine rings is 1. The van der Waals surface area contributed by atoms with Crippen LogP contribution in [-0.2, 0) is 33.6 Å². The highest BCUT2D eigenvalue weighted by atomic mass is 19.4. The molecule has 2 amide bonds. The smallest absolute Gasteiger partial charge is 0.384 e. The van der Waals surface area contributed by atoms with Gasteiger partial charge in [0, 0.05) is 50.0 Å². The summed E-state index contributed by atoms with van der Waals surface area (Å²) < 4.78 is 85.8. The van der Waals surface area contributed by atoms with E-state index < -0.39 is 59.2 Å². The van der Waals surface area contributed by atoms with E-state index in [2.05, 4.69) is 13.8 Å². The van der Waals surface area contributed by atoms with Gasteiger partial charge in [0.05, 0.1) is 18.7 Å². The minimum atomic E-state index is -5.08. The summed E-state index contributed by atoms with van der Waals surface area (Å²) in [6, 6.07) is -0.270. The summed E-state index contributed by atoms with van der Waals surface area (Å²) >= 11 is 0. The van der Waals surface area contributed by atoms with Crippen molar-refractivity contribution in [1.29, 1.82) is 0 Å². The number of hydrogen-bond acceptors (Lipinski definition) is 4. The van der Waals surface area contributed by atoms with Crippen LogP contribution in [0.2, 0.25) is 0 Å². The highest BCUT2D eigenvalue weighted by Crippen LogP contribution is 2.36. The van der Waals surface area contributed by atoms with E-state index in [-0.39, 0.29) is 51.2 Å². The molecule has 236 valence electrons. The third-order valence-corrected chi connectivity index (χ3v) is 7.12. The van der Waals surface area contributed by atoms with Gasteiger partial charge in [-0.25, -0.2) is 0 Å². The van der Waals surface area contributed by atoms with E-state index in [9.17, 15) is 40.7 Å². The lowest BCUT2D eigenvalue weighted by Crippen LogP contribution is -2.53. The van der Waals surface area contributed by atoms with E-state index in [0.29, 0.717) is 6.07 Å². The van der Waals surface area contributed by atoms with Crippen LogP contribution in [0.15, 0.2) is 16.9 Å². The van der Waals surface area contributed by atoms with Crippen LogP contribution in [0.1, 0.15) is 78.5 Å². The molecule has 2 aliphatic rings. The van der Waals surface area contributed by atoms with Crippen LogP contribution < -0.4 is 5.56 Å². The van der Waals surface area contributed by atoms with Crippen molar-refractivity contribution in [3.05, 3.63) is 33.7 Å². The fourth-order valence-electron chi connectivity index (χ4n) is 5.08. The number of methoxy groups -OCH3 is 1. The molecule has 1 saturated carbocycles. The molecule has 0 spiro atoms. The molecule has 1 aromatic heterocycles. The number of halogens is 6. The van der Waals surface area contributed by atoms with Crippen LogP contribution >= 0.6 is 0 Å². The average Bonchev–Trinajstić information content (AvgIpc) is 3.38. The summed E-state index contributed by atoms with van der Waals surface area (Å²) in [7, 11) is 1.41. The van der Waals surface area contributed by atoms with E-state index in [1.165, 1.54) is 29.9 Å². The van der Waals surface area contributed by atoms with Gasteiger partial charge in [0.15, 0.2) is 0 Å². The second kappa shape index (κ2) is 15.6. The van der Waals surface area contributed by atoms with Gasteiger partial charge in [0.2, 0.25) is 5.91 Å². The second-order valence-corrected chi connectivity index (χ2v) is 10.2. The summed E-state index contributed by atoms with van der Waals surface area (Å²) in [5.74, 6) is -3.46. The number of nitrogens with zero attached hydrogens (tertiary/aromatic N) is 3. The lowest BCUT2D eigenvalue weighted by molar-refractivity contribution is -0.191. The Kier molecular flexibility index (Phi) is 13.9. The van der Waals surface area contributed by atoms with Crippen molar-refractivity contribution in [1.82, 2.24) is 14.4 Å². The van der Waals surface area contributed by atoms with Gasteiger partial charge in [-0.05, 0) is 38.2 Å². The molecule has 3 rings (SSSR count). The Morgan fingerprint density at radius 2 is 1.63 bits per heavy atom. The Labute approximate surface area is 237 Å². The molecule has 2 heterocycles. The topological polar surface area (TPSA) is 71.8 Å². The largest absolute Gasteiger partial charge is 0.471 e. The number of aromatic nitrogens is 1. The zero-order chi connectivity index (χ0) is 31.7. The zero-order valence-corrected chi connectivity index (χ0v) is 24.9. The van der Waals surface area contributed by atoms with Crippen LogP contribution in [0.3, 0.4) is 0 Å². The number of alkyl halides is 6. The van der Waals surface area contributed by atoms with Gasteiger partial charge >= 0.3 is 18.3 Å². The molecule has 7 nitrogen and oxygen atoms in total. The van der Waals surface area contributed by atoms with Crippen molar-refractivity contribution in [2.75, 3.05) is 20.3 Å². The standard InChI is InChI=1S/C23H29F6N3O4.C3H8.C2H6/c1-13(12-36-3)14(2)32(21(35)23(27,28)29)17-5-4-15(8-17)20(34)30-6-7-31-18(11-30)9-16(10-19(31)33)22(24,25)26;1-3-2;1-2/h9-10,13-15,17H,4-8,11-12H2,1-3H3;3H2,1-2H3;1-2H3/t13-,14+,15+,17-;;/m1../s1. The highest BCUT2D eigenvalue weighted by molar-refractivity contribution is 5.83. The molecular weight excluding hydrogens is 556 g/mol. The third-order valence-electron chi connectivity index (χ3n) is 7.12. The molecule has 13 heteroatoms. The summed E-state index contributed by atoms with van der Waals surface area (Å²) in [6.07, 6.45) is -8.11. The monoisotopic (exact) mass is 599 g/mol. The van der Waals surface area contributed by atoms with Gasteiger partial charge in [-0.15, -0.1) is 0 Å². The zero-order valence-electron chi connectivity index (χ0n) is 24.9. The Morgan fingerprint density at radius 3 is 2.15 bits per heavy atom. The number of rotatable bonds is 6. The first-order valence-corrected chi connectivity index (χ1v) is 14.0. The number of ether oxygens (including phenoxy) is 1. The summed E-state index contributed by atoms with van der Waals surface area (Å²) in [5, 5.41) is 0. The van der Waals surface area contributed by atoms with Gasteiger partial charge in [0.25, 0.3) is 5.56 Å². The van der Waals surface area contributed by atoms with E-state index in [1.54, 1.807) is 6.92 Å². The fraction of sp³-hybridized carbons (Fsp3) is 0.750. The highest BCUT2D eigenvalue weighted by Gasteiger charge is 2.49. The maximum absolute atomic E-state index is 13.4. The predicted octanol–water partition coefficient (Wildman–Crippen LogP) is 5.88. The van der Waals surface area contributed by atoms with Crippen molar-refractivity contribution in [2.45, 2.75) is 105 Å². The molecule has 1 aromatic rings. The van der Waals surface area contributed by atoms with Crippen molar-refractivity contribution >= 4 is 11.8 Å². The predicted molar refractivity (Wildman–Crippen MR) is 143 cm³/mol. The number of hydrogen-bond donors (Lipinski definition) is 0. The summed E-state index contributed by atoms with van der Waals surface area (Å²) in [6.45, 7) is 11.5. The Hall–Kier alpha value is -2.57. The number of carbonyl (C=O) groups excluding carboxylic acids is 2. The first-order chi connectivity index (χ1) is 19.1. The molecule has 0 aromatic carbocycles. The molecule has 0 unspecified atom stereocenters. The molecule has 41 heavy (non-hydrogen) atoms. The van der Waals surface area contributed by atoms with Crippen molar-refractivity contribution in [3.8, 4) is 0 Å². The lowest BCUT2D eigenvalue weighted by atomic mass is 9.99. The molecule has 1 aliphatic carbocycles. The number of fused-ring (bicyclic) bond motifs is 1. The van der Waals surface area contributed by atoms with Crippen LogP contribution in [0, 0.1) is 11.8 Å². The SMILES string of the molecule is CC.CCC.COC[C@@H](C)[C@H](C)N(C(=O)C(F)(F)F)[C@@H]1CC[C@H](C(=O)N2CCn3c(cc(C(F)(F)F)cc3=O)C2)C1. The summed E-state index contributed by atoms with van der Waals surface area (Å²) in [4.78, 5) is 39.7. The Morgan fingerprint density at radius 1 is 1.05 bits per heavy atom. The number of carbonyl (C=O) groups is 2. The summed E-state index contributed by atoms with van der Waals surface area (Å²) in [5.41, 5.74) is -1.87. The fourth-order valence-corrected chi connectivity index (χ4v) is 5.08. The quantitative estimate of drug-likeness (QED) is 0.383. The van der Waals surface area contributed by atoms with E-state index in [4.69, 9.17) is 4.74 Å². The van der Waals surface area contributed by atoms with Crippen molar-refractivity contribution in [3.63, 3.8) is 0 Å². The lowest BCUT2D eigenvalue weighted by Gasteiger charge is -2.38. The van der Waals surface area contributed by atoms with E-state index in [0.717, 1.165) is 11.0 Å². The minimum Gasteiger partial charge on any atom is -0.384 e. The molecule has 0 radical (unpaired) electrons. The van der Waals surface area contributed by atoms with E-state index >= 15 is 0 Å². The average molecular weight is 600 g/mol. The van der Waals surface area contributed by atoms with Gasteiger partial charge in [0.1, 0.15) is 0 Å². The van der Waals surface area contributed by atoms with Gasteiger partial charge < -0.3 is 19.1 Å². The first-order valence-electron chi connectivity index (χ1n) is 14.0. The Balaban J connectivity index is 0.00000157. The molecule has 0 N–H and O–H groups in total. The van der Waals surface area contributed by atoms with Gasteiger partial charge in [-0.3, -0.25) is 14.4 Å². The van der Waals surface area contributed by atoms with Crippen LogP contribution in [-0.4, -0.2) is 64.7 Å². The molecular formula is C28H43F6N3O4. The van der Waals surface area contributed by atoms with E-state index in [1.807, 2.05) is 13.8 Å². The normalized spacial score (nSPS) is 20.1. The van der Waals surface area contributed by atoms with Gasteiger partial charge in [-0.2, -0.15) is 26.3 Å². The van der Waals surface area contributed by atoms with Gasteiger partial charge in [-0.1, -0.05) is 41.0 Å². The molecule has 0 bridgehead atoms. The first kappa shape index (κ1) is 36.5. The molecule has 1 fully saturated rings. The molecule has 0 saturated heterocycles. The second-order valence-electron chi connectivity index (χ2n) is 10.2. The van der Waals surface area contributed by atoms with Crippen LogP contribution in [0.4, 0.5) is 26.3 Å². The maximum Gasteiger partial charge on any atom is 0.471 e. The van der Waals surface area contributed by atoms with Crippen molar-refractivity contribution in [2.24, 2.45) is 11.8 Å². The Bertz CT molecular complexity index is 1060. The molecule has 1 aliphatic heterocycles. The third kappa shape index (κ3) is 9.47. The molecule has 4 atom stereocenters. The van der Waals surface area contributed by atoms with Crippen molar-refractivity contribution < 1.29 is 40.7 Å². The maximum atomic E-state index is 13.4. The minimum absolute atomic E-state index is 0.0105.